The first kappa shape index (κ1) is 17.1. The van der Waals surface area contributed by atoms with Gasteiger partial charge in [0.1, 0.15) is 17.2 Å². The van der Waals surface area contributed by atoms with Gasteiger partial charge in [-0.1, -0.05) is 13.0 Å². The molecule has 5 nitrogen and oxygen atoms in total. The number of carbonyl (C=O) groups is 1. The summed E-state index contributed by atoms with van der Waals surface area (Å²) >= 11 is 0. The van der Waals surface area contributed by atoms with Crippen molar-refractivity contribution in [2.45, 2.75) is 39.7 Å². The molecule has 3 aromatic rings. The molecule has 3 rings (SSSR count). The molecule has 0 spiro atoms. The van der Waals surface area contributed by atoms with Crippen molar-refractivity contribution in [3.05, 3.63) is 53.7 Å². The van der Waals surface area contributed by atoms with E-state index in [-0.39, 0.29) is 18.1 Å². The van der Waals surface area contributed by atoms with Gasteiger partial charge in [0.25, 0.3) is 0 Å². The van der Waals surface area contributed by atoms with Crippen molar-refractivity contribution in [1.29, 1.82) is 0 Å². The number of anilines is 1. The second-order valence-electron chi connectivity index (χ2n) is 6.04. The molecule has 0 fully saturated rings. The Labute approximate surface area is 145 Å². The number of benzene rings is 1. The minimum absolute atomic E-state index is 0.161. The molecular formula is C19H21FN4O. The zero-order chi connectivity index (χ0) is 17.8. The second kappa shape index (κ2) is 7.42. The summed E-state index contributed by atoms with van der Waals surface area (Å²) in [7, 11) is 0. The molecule has 0 saturated heterocycles. The molecule has 2 heterocycles. The molecule has 2 aromatic heterocycles. The quantitative estimate of drug-likeness (QED) is 0.741. The normalized spacial score (nSPS) is 11.0. The van der Waals surface area contributed by atoms with Crippen molar-refractivity contribution >= 4 is 22.8 Å². The van der Waals surface area contributed by atoms with E-state index in [2.05, 4.69) is 26.8 Å². The van der Waals surface area contributed by atoms with E-state index in [4.69, 9.17) is 0 Å². The molecule has 1 amide bonds. The molecule has 25 heavy (non-hydrogen) atoms. The molecule has 0 radical (unpaired) electrons. The zero-order valence-corrected chi connectivity index (χ0v) is 14.4. The molecule has 130 valence electrons. The van der Waals surface area contributed by atoms with Crippen molar-refractivity contribution in [2.24, 2.45) is 0 Å². The van der Waals surface area contributed by atoms with Crippen LogP contribution < -0.4 is 5.32 Å². The number of nitrogens with one attached hydrogen (secondary N) is 1. The van der Waals surface area contributed by atoms with Gasteiger partial charge in [-0.05, 0) is 43.2 Å². The number of pyridine rings is 1. The number of hydrogen-bond acceptors (Lipinski definition) is 3. The largest absolute Gasteiger partial charge is 0.326 e. The standard InChI is InChI=1S/C19H21FN4O/c1-3-11-24-17(23-16-5-4-10-21-19(16)24)8-9-18(25)22-14-7-6-13(2)15(20)12-14/h4-7,10,12H,3,8-9,11H2,1-2H3,(H,22,25). The van der Waals surface area contributed by atoms with Crippen LogP contribution in [0.3, 0.4) is 0 Å². The van der Waals surface area contributed by atoms with E-state index in [1.54, 1.807) is 25.3 Å². The Kier molecular flexibility index (Phi) is 5.07. The summed E-state index contributed by atoms with van der Waals surface area (Å²) in [5.41, 5.74) is 2.71. The summed E-state index contributed by atoms with van der Waals surface area (Å²) in [6, 6.07) is 8.47. The third-order valence-corrected chi connectivity index (χ3v) is 4.06. The van der Waals surface area contributed by atoms with E-state index < -0.39 is 0 Å². The van der Waals surface area contributed by atoms with Crippen LogP contribution in [-0.2, 0) is 17.8 Å². The average Bonchev–Trinajstić information content (AvgIpc) is 2.95. The lowest BCUT2D eigenvalue weighted by Gasteiger charge is -2.08. The van der Waals surface area contributed by atoms with E-state index in [9.17, 15) is 9.18 Å². The highest BCUT2D eigenvalue weighted by atomic mass is 19.1. The van der Waals surface area contributed by atoms with Gasteiger partial charge in [-0.2, -0.15) is 0 Å². The fourth-order valence-electron chi connectivity index (χ4n) is 2.77. The summed E-state index contributed by atoms with van der Waals surface area (Å²) in [5, 5.41) is 2.73. The van der Waals surface area contributed by atoms with Gasteiger partial charge in [-0.3, -0.25) is 4.79 Å². The van der Waals surface area contributed by atoms with Crippen LogP contribution >= 0.6 is 0 Å². The van der Waals surface area contributed by atoms with E-state index in [0.29, 0.717) is 17.7 Å². The Morgan fingerprint density at radius 3 is 2.92 bits per heavy atom. The molecule has 0 atom stereocenters. The van der Waals surface area contributed by atoms with Crippen LogP contribution in [0.1, 0.15) is 31.2 Å². The Balaban J connectivity index is 1.70. The molecule has 1 aromatic carbocycles. The number of imidazole rings is 1. The smallest absolute Gasteiger partial charge is 0.224 e. The van der Waals surface area contributed by atoms with E-state index in [1.807, 2.05) is 12.1 Å². The van der Waals surface area contributed by atoms with Crippen molar-refractivity contribution < 1.29 is 9.18 Å². The first-order valence-electron chi connectivity index (χ1n) is 8.44. The second-order valence-corrected chi connectivity index (χ2v) is 6.04. The number of amides is 1. The fraction of sp³-hybridized carbons (Fsp3) is 0.316. The van der Waals surface area contributed by atoms with Gasteiger partial charge >= 0.3 is 0 Å². The third-order valence-electron chi connectivity index (χ3n) is 4.06. The van der Waals surface area contributed by atoms with Gasteiger partial charge in [0.15, 0.2) is 5.65 Å². The lowest BCUT2D eigenvalue weighted by atomic mass is 10.2. The van der Waals surface area contributed by atoms with Crippen molar-refractivity contribution in [3.8, 4) is 0 Å². The summed E-state index contributed by atoms with van der Waals surface area (Å²) in [6.45, 7) is 4.60. The maximum absolute atomic E-state index is 13.6. The highest BCUT2D eigenvalue weighted by Gasteiger charge is 2.13. The first-order chi connectivity index (χ1) is 12.1. The summed E-state index contributed by atoms with van der Waals surface area (Å²) in [5.74, 6) is 0.362. The van der Waals surface area contributed by atoms with Crippen LogP contribution in [-0.4, -0.2) is 20.4 Å². The fourth-order valence-corrected chi connectivity index (χ4v) is 2.77. The van der Waals surface area contributed by atoms with Gasteiger partial charge in [-0.25, -0.2) is 14.4 Å². The first-order valence-corrected chi connectivity index (χ1v) is 8.44. The van der Waals surface area contributed by atoms with Gasteiger partial charge in [0.05, 0.1) is 0 Å². The molecule has 0 bridgehead atoms. The number of nitrogens with zero attached hydrogens (tertiary/aromatic N) is 3. The minimum atomic E-state index is -0.325. The molecule has 0 saturated carbocycles. The highest BCUT2D eigenvalue weighted by molar-refractivity contribution is 5.90. The predicted molar refractivity (Wildman–Crippen MR) is 95.9 cm³/mol. The van der Waals surface area contributed by atoms with Crippen LogP contribution in [0, 0.1) is 12.7 Å². The molecule has 1 N–H and O–H groups in total. The lowest BCUT2D eigenvalue weighted by Crippen LogP contribution is -2.14. The van der Waals surface area contributed by atoms with Crippen LogP contribution in [0.15, 0.2) is 36.5 Å². The SMILES string of the molecule is CCCn1c(CCC(=O)Nc2ccc(C)c(F)c2)nc2cccnc21. The van der Waals surface area contributed by atoms with Crippen molar-refractivity contribution in [1.82, 2.24) is 14.5 Å². The Morgan fingerprint density at radius 2 is 2.16 bits per heavy atom. The number of aromatic nitrogens is 3. The van der Waals surface area contributed by atoms with Gasteiger partial charge < -0.3 is 9.88 Å². The summed E-state index contributed by atoms with van der Waals surface area (Å²) in [6.07, 6.45) is 3.50. The monoisotopic (exact) mass is 340 g/mol. The number of aryl methyl sites for hydroxylation is 3. The van der Waals surface area contributed by atoms with Crippen molar-refractivity contribution in [3.63, 3.8) is 0 Å². The van der Waals surface area contributed by atoms with Gasteiger partial charge in [-0.15, -0.1) is 0 Å². The van der Waals surface area contributed by atoms with E-state index in [1.165, 1.54) is 6.07 Å². The van der Waals surface area contributed by atoms with Crippen molar-refractivity contribution in [2.75, 3.05) is 5.32 Å². The number of hydrogen-bond donors (Lipinski definition) is 1. The summed E-state index contributed by atoms with van der Waals surface area (Å²) < 4.78 is 15.6. The van der Waals surface area contributed by atoms with E-state index >= 15 is 0 Å². The minimum Gasteiger partial charge on any atom is -0.326 e. The number of fused-ring (bicyclic) bond motifs is 1. The van der Waals surface area contributed by atoms with Gasteiger partial charge in [0, 0.05) is 31.3 Å². The lowest BCUT2D eigenvalue weighted by molar-refractivity contribution is -0.116. The Morgan fingerprint density at radius 1 is 1.32 bits per heavy atom. The molecule has 0 aliphatic rings. The predicted octanol–water partition coefficient (Wildman–Crippen LogP) is 3.86. The van der Waals surface area contributed by atoms with Crippen LogP contribution in [0.5, 0.6) is 0 Å². The van der Waals surface area contributed by atoms with Crippen LogP contribution in [0.4, 0.5) is 10.1 Å². The average molecular weight is 340 g/mol. The highest BCUT2D eigenvalue weighted by Crippen LogP contribution is 2.17. The van der Waals surface area contributed by atoms with Crippen LogP contribution in [0.25, 0.3) is 11.2 Å². The molecule has 6 heteroatoms. The molecule has 0 unspecified atom stereocenters. The number of carbonyl (C=O) groups excluding carboxylic acids is 1. The van der Waals surface area contributed by atoms with E-state index in [0.717, 1.165) is 30.0 Å². The number of halogens is 1. The zero-order valence-electron chi connectivity index (χ0n) is 14.4. The maximum atomic E-state index is 13.6. The molecule has 0 aliphatic heterocycles. The maximum Gasteiger partial charge on any atom is 0.224 e. The van der Waals surface area contributed by atoms with Gasteiger partial charge in [0.2, 0.25) is 5.91 Å². The van der Waals surface area contributed by atoms with Crippen LogP contribution in [0.2, 0.25) is 0 Å². The third kappa shape index (κ3) is 3.84. The molecular weight excluding hydrogens is 319 g/mol. The summed E-state index contributed by atoms with van der Waals surface area (Å²) in [4.78, 5) is 21.2. The Hall–Kier alpha value is -2.76. The Bertz CT molecular complexity index is 904. The number of rotatable bonds is 6. The topological polar surface area (TPSA) is 59.8 Å². The molecule has 0 aliphatic carbocycles.